The number of amides is 4. The molecule has 4 rings (SSSR count). The van der Waals surface area contributed by atoms with Crippen molar-refractivity contribution < 1.29 is 24.3 Å². The fourth-order valence-corrected chi connectivity index (χ4v) is 4.10. The summed E-state index contributed by atoms with van der Waals surface area (Å²) < 4.78 is 0. The first-order valence-corrected chi connectivity index (χ1v) is 10.8. The van der Waals surface area contributed by atoms with Gasteiger partial charge in [-0.2, -0.15) is 0 Å². The van der Waals surface area contributed by atoms with Gasteiger partial charge in [0.05, 0.1) is 34.9 Å². The second-order valence-corrected chi connectivity index (χ2v) is 7.95. The maximum Gasteiger partial charge on any atom is 0.265 e. The zero-order valence-corrected chi connectivity index (χ0v) is 17.8. The average molecular weight is 432 g/mol. The topological polar surface area (TPSA) is 95.0 Å². The summed E-state index contributed by atoms with van der Waals surface area (Å²) in [6, 6.07) is 12.9. The Balaban J connectivity index is 1.67. The molecule has 0 bridgehead atoms. The summed E-state index contributed by atoms with van der Waals surface area (Å²) >= 11 is 0. The van der Waals surface area contributed by atoms with Crippen LogP contribution in [0.2, 0.25) is 0 Å². The highest BCUT2D eigenvalue weighted by Crippen LogP contribution is 2.29. The number of hydrogen-bond acceptors (Lipinski definition) is 5. The molecule has 0 radical (unpaired) electrons. The number of imide groups is 2. The van der Waals surface area contributed by atoms with Crippen molar-refractivity contribution in [2.75, 3.05) is 6.54 Å². The van der Waals surface area contributed by atoms with Gasteiger partial charge in [-0.15, -0.1) is 0 Å². The number of rotatable bonds is 8. The van der Waals surface area contributed by atoms with Crippen LogP contribution in [0.4, 0.5) is 0 Å². The van der Waals surface area contributed by atoms with Gasteiger partial charge in [0.2, 0.25) is 0 Å². The van der Waals surface area contributed by atoms with Crippen LogP contribution in [0, 0.1) is 0 Å². The number of fused-ring (bicyclic) bond motifs is 2. The van der Waals surface area contributed by atoms with E-state index in [1.165, 1.54) is 6.08 Å². The van der Waals surface area contributed by atoms with Gasteiger partial charge in [-0.25, -0.2) is 4.90 Å². The normalized spacial score (nSPS) is 16.6. The molecule has 7 nitrogen and oxygen atoms in total. The molecule has 0 spiro atoms. The predicted octanol–water partition coefficient (Wildman–Crippen LogP) is 3.40. The molecule has 1 atom stereocenters. The van der Waals surface area contributed by atoms with Crippen molar-refractivity contribution in [2.24, 2.45) is 0 Å². The van der Waals surface area contributed by atoms with Crippen LogP contribution in [0.15, 0.2) is 60.3 Å². The van der Waals surface area contributed by atoms with Gasteiger partial charge in [-0.05, 0) is 36.8 Å². The van der Waals surface area contributed by atoms with Crippen LogP contribution in [0.25, 0.3) is 0 Å². The number of aliphatic hydroxyl groups excluding tert-OH is 1. The zero-order valence-electron chi connectivity index (χ0n) is 17.8. The van der Waals surface area contributed by atoms with E-state index < -0.39 is 29.7 Å². The number of aliphatic hydroxyl groups is 1. The number of benzene rings is 2. The molecule has 1 unspecified atom stereocenters. The fourth-order valence-electron chi connectivity index (χ4n) is 4.10. The molecule has 0 saturated heterocycles. The molecule has 2 heterocycles. The summed E-state index contributed by atoms with van der Waals surface area (Å²) in [7, 11) is 0. The smallest absolute Gasteiger partial charge is 0.265 e. The Labute approximate surface area is 185 Å². The Morgan fingerprint density at radius 1 is 0.812 bits per heavy atom. The van der Waals surface area contributed by atoms with Crippen LogP contribution in [0.1, 0.15) is 74.0 Å². The molecule has 1 N–H and O–H groups in total. The van der Waals surface area contributed by atoms with Gasteiger partial charge in [0.15, 0.2) is 0 Å². The van der Waals surface area contributed by atoms with Crippen molar-refractivity contribution in [1.29, 1.82) is 0 Å². The first-order chi connectivity index (χ1) is 15.4. The summed E-state index contributed by atoms with van der Waals surface area (Å²) in [6.45, 7) is 1.76. The van der Waals surface area contributed by atoms with Crippen LogP contribution >= 0.6 is 0 Å². The first-order valence-electron chi connectivity index (χ1n) is 10.8. The largest absolute Gasteiger partial charge is 0.389 e. The second kappa shape index (κ2) is 8.88. The predicted molar refractivity (Wildman–Crippen MR) is 117 cm³/mol. The standard InChI is InChI=1S/C25H24N2O5/c1-2-3-4-9-17(28)14-16(27-24(31)20-12-7-8-13-21(20)25(27)32)15-26-22(29)18-10-5-6-11-19(18)23(26)30/h5-8,10-14,17,28H,2-4,9,15H2,1H3/b16-14-. The van der Waals surface area contributed by atoms with Crippen molar-refractivity contribution in [3.63, 3.8) is 0 Å². The number of carbonyl (C=O) groups is 4. The van der Waals surface area contributed by atoms with Gasteiger partial charge in [-0.3, -0.25) is 24.1 Å². The zero-order chi connectivity index (χ0) is 22.8. The highest BCUT2D eigenvalue weighted by atomic mass is 16.3. The minimum absolute atomic E-state index is 0.120. The Morgan fingerprint density at radius 3 is 1.75 bits per heavy atom. The minimum Gasteiger partial charge on any atom is -0.389 e. The summed E-state index contributed by atoms with van der Waals surface area (Å²) in [5, 5.41) is 10.6. The highest BCUT2D eigenvalue weighted by molar-refractivity contribution is 6.23. The summed E-state index contributed by atoms with van der Waals surface area (Å²) in [4.78, 5) is 53.8. The molecular weight excluding hydrogens is 408 g/mol. The van der Waals surface area contributed by atoms with E-state index in [1.807, 2.05) is 0 Å². The van der Waals surface area contributed by atoms with Crippen molar-refractivity contribution in [2.45, 2.75) is 38.7 Å². The summed E-state index contributed by atoms with van der Waals surface area (Å²) in [5.41, 5.74) is 1.19. The molecule has 2 aromatic carbocycles. The fraction of sp³-hybridized carbons (Fsp3) is 0.280. The van der Waals surface area contributed by atoms with E-state index >= 15 is 0 Å². The molecule has 7 heteroatoms. The molecule has 164 valence electrons. The number of carbonyl (C=O) groups excluding carboxylic acids is 4. The van der Waals surface area contributed by atoms with E-state index in [4.69, 9.17) is 0 Å². The maximum absolute atomic E-state index is 13.0. The van der Waals surface area contributed by atoms with Crippen molar-refractivity contribution in [3.05, 3.63) is 82.6 Å². The third-order valence-electron chi connectivity index (χ3n) is 5.77. The van der Waals surface area contributed by atoms with E-state index in [0.29, 0.717) is 6.42 Å². The van der Waals surface area contributed by atoms with Crippen LogP contribution < -0.4 is 0 Å². The van der Waals surface area contributed by atoms with Crippen molar-refractivity contribution in [3.8, 4) is 0 Å². The van der Waals surface area contributed by atoms with Crippen LogP contribution in [-0.4, -0.2) is 51.2 Å². The van der Waals surface area contributed by atoms with Crippen LogP contribution in [0.5, 0.6) is 0 Å². The Hall–Kier alpha value is -3.58. The van der Waals surface area contributed by atoms with Gasteiger partial charge in [-0.1, -0.05) is 50.5 Å². The lowest BCUT2D eigenvalue weighted by Crippen LogP contribution is -2.39. The lowest BCUT2D eigenvalue weighted by atomic mass is 10.1. The number of nitrogens with zero attached hydrogens (tertiary/aromatic N) is 2. The number of unbranched alkanes of at least 4 members (excludes halogenated alkanes) is 2. The number of hydrogen-bond donors (Lipinski definition) is 1. The molecule has 0 aliphatic carbocycles. The first kappa shape index (κ1) is 21.6. The third-order valence-corrected chi connectivity index (χ3v) is 5.77. The maximum atomic E-state index is 13.0. The Morgan fingerprint density at radius 2 is 1.28 bits per heavy atom. The van der Waals surface area contributed by atoms with E-state index in [2.05, 4.69) is 6.92 Å². The molecule has 32 heavy (non-hydrogen) atoms. The quantitative estimate of drug-likeness (QED) is 0.510. The Kier molecular flexibility index (Phi) is 6.01. The van der Waals surface area contributed by atoms with E-state index in [1.54, 1.807) is 48.5 Å². The SMILES string of the molecule is CCCCCC(O)/C=C(/CN1C(=O)c2ccccc2C1=O)N1C(=O)c2ccccc2C1=O. The van der Waals surface area contributed by atoms with Gasteiger partial charge in [0.25, 0.3) is 23.6 Å². The highest BCUT2D eigenvalue weighted by Gasteiger charge is 2.41. The van der Waals surface area contributed by atoms with Gasteiger partial charge >= 0.3 is 0 Å². The molecular formula is C25H24N2O5. The molecule has 2 aliphatic heterocycles. The van der Waals surface area contributed by atoms with Crippen LogP contribution in [0.3, 0.4) is 0 Å². The van der Waals surface area contributed by atoms with E-state index in [9.17, 15) is 24.3 Å². The second-order valence-electron chi connectivity index (χ2n) is 7.95. The van der Waals surface area contributed by atoms with Gasteiger partial charge in [0.1, 0.15) is 0 Å². The minimum atomic E-state index is -0.920. The Bertz CT molecular complexity index is 1070. The van der Waals surface area contributed by atoms with Gasteiger partial charge < -0.3 is 5.11 Å². The van der Waals surface area contributed by atoms with Crippen molar-refractivity contribution >= 4 is 23.6 Å². The lowest BCUT2D eigenvalue weighted by Gasteiger charge is -2.24. The van der Waals surface area contributed by atoms with Crippen LogP contribution in [-0.2, 0) is 0 Å². The summed E-state index contributed by atoms with van der Waals surface area (Å²) in [5.74, 6) is -2.05. The molecule has 2 aromatic rings. The van der Waals surface area contributed by atoms with E-state index in [-0.39, 0.29) is 34.5 Å². The van der Waals surface area contributed by atoms with Gasteiger partial charge in [0, 0.05) is 5.70 Å². The van der Waals surface area contributed by atoms with Crippen molar-refractivity contribution in [1.82, 2.24) is 9.80 Å². The van der Waals surface area contributed by atoms with E-state index in [0.717, 1.165) is 29.1 Å². The monoisotopic (exact) mass is 432 g/mol. The third kappa shape index (κ3) is 3.76. The average Bonchev–Trinajstić information content (AvgIpc) is 3.19. The summed E-state index contributed by atoms with van der Waals surface area (Å²) in [6.07, 6.45) is 3.64. The molecule has 0 fully saturated rings. The molecule has 4 amide bonds. The lowest BCUT2D eigenvalue weighted by molar-refractivity contribution is 0.0604. The molecule has 2 aliphatic rings. The molecule has 0 saturated carbocycles. The molecule has 0 aromatic heterocycles.